The summed E-state index contributed by atoms with van der Waals surface area (Å²) in [5.41, 5.74) is 11.7. The number of aromatic nitrogens is 1. The number of carbonyl (C=O) groups excluding carboxylic acids is 1. The van der Waals surface area contributed by atoms with Gasteiger partial charge in [0.1, 0.15) is 0 Å². The predicted molar refractivity (Wildman–Crippen MR) is 123 cm³/mol. The van der Waals surface area contributed by atoms with E-state index in [1.165, 1.54) is 0 Å². The van der Waals surface area contributed by atoms with Crippen LogP contribution in [0.3, 0.4) is 0 Å². The lowest BCUT2D eigenvalue weighted by Crippen LogP contribution is -2.23. The van der Waals surface area contributed by atoms with Gasteiger partial charge in [-0.25, -0.2) is 0 Å². The number of nitrogens with two attached hydrogens (primary N) is 1. The highest BCUT2D eigenvalue weighted by Gasteiger charge is 2.28. The maximum Gasteiger partial charge on any atom is 0.256 e. The zero-order valence-corrected chi connectivity index (χ0v) is 18.0. The standard InChI is InChI=1S/C25H26N4O2/c1-25(2,31)21-12-18(11-19(13-27-3)23(21)26)17-8-6-16(7-9-17)14-29-15-22-20(24(29)30)5-4-10-28-22/h4-13,31H,14-15,26H2,1-3H3. The van der Waals surface area contributed by atoms with Crippen molar-refractivity contribution in [1.29, 1.82) is 0 Å². The van der Waals surface area contributed by atoms with E-state index in [9.17, 15) is 9.90 Å². The molecule has 158 valence electrons. The van der Waals surface area contributed by atoms with Crippen LogP contribution in [0.5, 0.6) is 0 Å². The molecule has 0 radical (unpaired) electrons. The number of rotatable bonds is 5. The first-order chi connectivity index (χ1) is 14.8. The largest absolute Gasteiger partial charge is 0.398 e. The van der Waals surface area contributed by atoms with Gasteiger partial charge in [-0.15, -0.1) is 0 Å². The molecule has 6 heteroatoms. The van der Waals surface area contributed by atoms with Gasteiger partial charge in [-0.05, 0) is 54.8 Å². The summed E-state index contributed by atoms with van der Waals surface area (Å²) in [6, 6.07) is 15.6. The molecule has 0 aliphatic carbocycles. The number of fused-ring (bicyclic) bond motifs is 1. The molecule has 2 heterocycles. The average Bonchev–Trinajstić information content (AvgIpc) is 3.05. The number of carbonyl (C=O) groups is 1. The lowest BCUT2D eigenvalue weighted by atomic mass is 9.90. The molecule has 1 aromatic heterocycles. The summed E-state index contributed by atoms with van der Waals surface area (Å²) in [6.07, 6.45) is 3.42. The Labute approximate surface area is 182 Å². The van der Waals surface area contributed by atoms with Crippen molar-refractivity contribution in [3.63, 3.8) is 0 Å². The summed E-state index contributed by atoms with van der Waals surface area (Å²) in [7, 11) is 1.69. The summed E-state index contributed by atoms with van der Waals surface area (Å²) in [4.78, 5) is 22.8. The topological polar surface area (TPSA) is 91.8 Å². The van der Waals surface area contributed by atoms with E-state index < -0.39 is 5.60 Å². The number of anilines is 1. The zero-order valence-electron chi connectivity index (χ0n) is 18.0. The number of aliphatic imine (C=N–C) groups is 1. The molecule has 1 aliphatic heterocycles. The molecule has 0 bridgehead atoms. The Balaban J connectivity index is 1.60. The summed E-state index contributed by atoms with van der Waals surface area (Å²) < 4.78 is 0. The van der Waals surface area contributed by atoms with Crippen molar-refractivity contribution in [2.75, 3.05) is 12.8 Å². The molecule has 0 atom stereocenters. The molecular formula is C25H26N4O2. The van der Waals surface area contributed by atoms with Crippen molar-refractivity contribution in [1.82, 2.24) is 9.88 Å². The molecule has 0 unspecified atom stereocenters. The first-order valence-electron chi connectivity index (χ1n) is 10.2. The summed E-state index contributed by atoms with van der Waals surface area (Å²) in [6.45, 7) is 4.50. The smallest absolute Gasteiger partial charge is 0.256 e. The lowest BCUT2D eigenvalue weighted by Gasteiger charge is -2.22. The maximum absolute atomic E-state index is 12.6. The molecule has 3 aromatic rings. The predicted octanol–water partition coefficient (Wildman–Crippen LogP) is 3.76. The minimum absolute atomic E-state index is 0.0176. The highest BCUT2D eigenvalue weighted by atomic mass is 16.3. The van der Waals surface area contributed by atoms with Gasteiger partial charge < -0.3 is 15.7 Å². The molecule has 0 fully saturated rings. The van der Waals surface area contributed by atoms with Crippen LogP contribution in [-0.2, 0) is 18.7 Å². The van der Waals surface area contributed by atoms with E-state index in [2.05, 4.69) is 9.98 Å². The van der Waals surface area contributed by atoms with Crippen molar-refractivity contribution >= 4 is 17.8 Å². The number of benzene rings is 2. The van der Waals surface area contributed by atoms with Crippen molar-refractivity contribution in [2.24, 2.45) is 4.99 Å². The highest BCUT2D eigenvalue weighted by molar-refractivity contribution is 5.97. The van der Waals surface area contributed by atoms with E-state index in [0.29, 0.717) is 29.9 Å². The Bertz CT molecular complexity index is 1160. The van der Waals surface area contributed by atoms with E-state index in [4.69, 9.17) is 5.73 Å². The van der Waals surface area contributed by atoms with Crippen LogP contribution in [0, 0.1) is 0 Å². The van der Waals surface area contributed by atoms with Crippen molar-refractivity contribution in [2.45, 2.75) is 32.5 Å². The van der Waals surface area contributed by atoms with Crippen molar-refractivity contribution < 1.29 is 9.90 Å². The van der Waals surface area contributed by atoms with Crippen LogP contribution in [-0.4, -0.2) is 34.2 Å². The Morgan fingerprint density at radius 3 is 2.58 bits per heavy atom. The molecule has 31 heavy (non-hydrogen) atoms. The van der Waals surface area contributed by atoms with Crippen LogP contribution in [0.2, 0.25) is 0 Å². The Morgan fingerprint density at radius 2 is 1.94 bits per heavy atom. The second-order valence-corrected chi connectivity index (χ2v) is 8.33. The molecule has 1 aliphatic rings. The molecule has 4 rings (SSSR count). The average molecular weight is 415 g/mol. The van der Waals surface area contributed by atoms with Crippen LogP contribution in [0.1, 0.15) is 46.6 Å². The van der Waals surface area contributed by atoms with Crippen LogP contribution in [0.4, 0.5) is 5.69 Å². The Kier molecular flexibility index (Phi) is 5.33. The van der Waals surface area contributed by atoms with E-state index in [1.807, 2.05) is 42.5 Å². The molecule has 3 N–H and O–H groups in total. The fourth-order valence-electron chi connectivity index (χ4n) is 3.93. The van der Waals surface area contributed by atoms with Gasteiger partial charge in [0.05, 0.1) is 23.4 Å². The molecular weight excluding hydrogens is 388 g/mol. The van der Waals surface area contributed by atoms with E-state index in [1.54, 1.807) is 44.3 Å². The number of hydrogen-bond donors (Lipinski definition) is 2. The molecule has 0 spiro atoms. The second kappa shape index (κ2) is 7.96. The number of nitrogen functional groups attached to an aromatic ring is 1. The van der Waals surface area contributed by atoms with Gasteiger partial charge in [0.25, 0.3) is 5.91 Å². The fraction of sp³-hybridized carbons (Fsp3) is 0.240. The Hall–Kier alpha value is -3.51. The normalized spacial score (nSPS) is 13.8. The van der Waals surface area contributed by atoms with Gasteiger partial charge in [-0.1, -0.05) is 24.3 Å². The lowest BCUT2D eigenvalue weighted by molar-refractivity contribution is 0.0765. The van der Waals surface area contributed by atoms with Crippen molar-refractivity contribution in [3.05, 3.63) is 82.7 Å². The monoisotopic (exact) mass is 414 g/mol. The van der Waals surface area contributed by atoms with E-state index in [-0.39, 0.29) is 5.91 Å². The molecule has 0 saturated carbocycles. The third-order valence-electron chi connectivity index (χ3n) is 5.55. The second-order valence-electron chi connectivity index (χ2n) is 8.33. The summed E-state index contributed by atoms with van der Waals surface area (Å²) in [5.74, 6) is 0.0176. The maximum atomic E-state index is 12.6. The third kappa shape index (κ3) is 4.07. The van der Waals surface area contributed by atoms with Crippen LogP contribution >= 0.6 is 0 Å². The molecule has 0 saturated heterocycles. The fourth-order valence-corrected chi connectivity index (χ4v) is 3.93. The number of pyridine rings is 1. The Morgan fingerprint density at radius 1 is 1.19 bits per heavy atom. The molecule has 6 nitrogen and oxygen atoms in total. The minimum Gasteiger partial charge on any atom is -0.398 e. The summed E-state index contributed by atoms with van der Waals surface area (Å²) in [5, 5.41) is 10.6. The van der Waals surface area contributed by atoms with Crippen molar-refractivity contribution in [3.8, 4) is 11.1 Å². The van der Waals surface area contributed by atoms with Gasteiger partial charge in [0.15, 0.2) is 0 Å². The van der Waals surface area contributed by atoms with Gasteiger partial charge >= 0.3 is 0 Å². The zero-order chi connectivity index (χ0) is 22.2. The highest BCUT2D eigenvalue weighted by Crippen LogP contribution is 2.33. The number of nitrogens with zero attached hydrogens (tertiary/aromatic N) is 3. The first kappa shape index (κ1) is 20.8. The van der Waals surface area contributed by atoms with Gasteiger partial charge in [0.2, 0.25) is 0 Å². The number of hydrogen-bond acceptors (Lipinski definition) is 5. The molecule has 1 amide bonds. The minimum atomic E-state index is -1.07. The number of aliphatic hydroxyl groups is 1. The first-order valence-corrected chi connectivity index (χ1v) is 10.2. The van der Waals surface area contributed by atoms with Gasteiger partial charge in [-0.2, -0.15) is 0 Å². The SMILES string of the molecule is CN=Cc1cc(-c2ccc(CN3Cc4ncccc4C3=O)cc2)cc(C(C)(C)O)c1N. The van der Waals surface area contributed by atoms with Gasteiger partial charge in [-0.3, -0.25) is 14.8 Å². The van der Waals surface area contributed by atoms with Crippen LogP contribution < -0.4 is 5.73 Å². The van der Waals surface area contributed by atoms with Gasteiger partial charge in [0, 0.05) is 42.8 Å². The van der Waals surface area contributed by atoms with E-state index >= 15 is 0 Å². The van der Waals surface area contributed by atoms with E-state index in [0.717, 1.165) is 27.9 Å². The number of amides is 1. The van der Waals surface area contributed by atoms with Crippen LogP contribution in [0.15, 0.2) is 59.7 Å². The molecule has 2 aromatic carbocycles. The quantitative estimate of drug-likeness (QED) is 0.491. The summed E-state index contributed by atoms with van der Waals surface area (Å²) >= 11 is 0. The third-order valence-corrected chi connectivity index (χ3v) is 5.55. The van der Waals surface area contributed by atoms with Crippen LogP contribution in [0.25, 0.3) is 11.1 Å².